The van der Waals surface area contributed by atoms with Crippen molar-refractivity contribution in [2.45, 2.75) is 13.0 Å². The molecule has 1 atom stereocenters. The Morgan fingerprint density at radius 3 is 2.55 bits per heavy atom. The maximum Gasteiger partial charge on any atom is 0.335 e. The molecule has 0 bridgehead atoms. The maximum atomic E-state index is 12.9. The third kappa shape index (κ3) is 4.41. The van der Waals surface area contributed by atoms with Crippen LogP contribution < -0.4 is 20.7 Å². The van der Waals surface area contributed by atoms with Gasteiger partial charge < -0.3 is 20.9 Å². The molecule has 1 aliphatic rings. The van der Waals surface area contributed by atoms with Crippen molar-refractivity contribution in [3.8, 4) is 16.2 Å². The van der Waals surface area contributed by atoms with E-state index in [0.717, 1.165) is 10.4 Å². The van der Waals surface area contributed by atoms with Crippen LogP contribution in [0.4, 0.5) is 10.7 Å². The highest BCUT2D eigenvalue weighted by molar-refractivity contribution is 7.20. The van der Waals surface area contributed by atoms with Gasteiger partial charge in [-0.25, -0.2) is 4.79 Å². The minimum absolute atomic E-state index is 0.0492. The van der Waals surface area contributed by atoms with Crippen molar-refractivity contribution < 1.29 is 29.0 Å². The third-order valence-corrected chi connectivity index (χ3v) is 6.12. The summed E-state index contributed by atoms with van der Waals surface area (Å²) < 4.78 is 5.54. The maximum absolute atomic E-state index is 12.9. The fourth-order valence-corrected chi connectivity index (χ4v) is 4.51. The van der Waals surface area contributed by atoms with Gasteiger partial charge >= 0.3 is 5.97 Å². The standard InChI is InChI=1S/C23H19N3O6S/c1-12-22(29)26(16-9-14(23(30)31)7-8-17(16)32-12)11-19(27)25-21-15(20(24)28)10-18(33-21)13-5-3-2-4-6-13/h2-10,12H,11H2,1H3,(H2,24,28)(H,25,27)(H,30,31). The summed E-state index contributed by atoms with van der Waals surface area (Å²) >= 11 is 1.19. The van der Waals surface area contributed by atoms with Crippen molar-refractivity contribution in [3.05, 3.63) is 65.7 Å². The number of rotatable bonds is 6. The van der Waals surface area contributed by atoms with Gasteiger partial charge in [0, 0.05) is 4.88 Å². The van der Waals surface area contributed by atoms with Gasteiger partial charge in [0.15, 0.2) is 6.10 Å². The first-order valence-electron chi connectivity index (χ1n) is 9.89. The van der Waals surface area contributed by atoms with Crippen molar-refractivity contribution in [2.24, 2.45) is 5.73 Å². The van der Waals surface area contributed by atoms with Gasteiger partial charge in [-0.2, -0.15) is 0 Å². The molecule has 0 saturated carbocycles. The molecule has 0 radical (unpaired) electrons. The van der Waals surface area contributed by atoms with E-state index < -0.39 is 36.3 Å². The van der Waals surface area contributed by atoms with Crippen LogP contribution in [0.3, 0.4) is 0 Å². The predicted octanol–water partition coefficient (Wildman–Crippen LogP) is 2.96. The van der Waals surface area contributed by atoms with Crippen LogP contribution in [0.1, 0.15) is 27.6 Å². The van der Waals surface area contributed by atoms with Gasteiger partial charge in [-0.05, 0) is 36.8 Å². The molecule has 33 heavy (non-hydrogen) atoms. The highest BCUT2D eigenvalue weighted by Gasteiger charge is 2.33. The van der Waals surface area contributed by atoms with E-state index in [-0.39, 0.29) is 21.8 Å². The second kappa shape index (κ2) is 8.75. The Bertz CT molecular complexity index is 1270. The summed E-state index contributed by atoms with van der Waals surface area (Å²) in [7, 11) is 0. The molecule has 3 aromatic rings. The van der Waals surface area contributed by atoms with Crippen LogP contribution in [0.25, 0.3) is 10.4 Å². The summed E-state index contributed by atoms with van der Waals surface area (Å²) in [5.74, 6) is -2.65. The molecule has 0 saturated heterocycles. The highest BCUT2D eigenvalue weighted by Crippen LogP contribution is 2.37. The fraction of sp³-hybridized carbons (Fsp3) is 0.130. The molecule has 4 N–H and O–H groups in total. The number of carboxylic acids is 1. The number of nitrogens with zero attached hydrogens (tertiary/aromatic N) is 1. The first-order chi connectivity index (χ1) is 15.7. The lowest BCUT2D eigenvalue weighted by atomic mass is 10.1. The zero-order valence-corrected chi connectivity index (χ0v) is 18.2. The summed E-state index contributed by atoms with van der Waals surface area (Å²) in [6.07, 6.45) is -0.853. The lowest BCUT2D eigenvalue weighted by molar-refractivity contribution is -0.127. The molecule has 1 unspecified atom stereocenters. The van der Waals surface area contributed by atoms with Crippen molar-refractivity contribution in [3.63, 3.8) is 0 Å². The Morgan fingerprint density at radius 1 is 1.15 bits per heavy atom. The van der Waals surface area contributed by atoms with Crippen LogP contribution >= 0.6 is 11.3 Å². The monoisotopic (exact) mass is 465 g/mol. The third-order valence-electron chi connectivity index (χ3n) is 5.02. The molecule has 2 aromatic carbocycles. The average molecular weight is 465 g/mol. The lowest BCUT2D eigenvalue weighted by Gasteiger charge is -2.32. The number of carbonyl (C=O) groups is 4. The second-order valence-electron chi connectivity index (χ2n) is 7.30. The number of hydrogen-bond acceptors (Lipinski definition) is 6. The molecule has 0 aliphatic carbocycles. The number of primary amides is 1. The van der Waals surface area contributed by atoms with Crippen LogP contribution in [0.2, 0.25) is 0 Å². The van der Waals surface area contributed by atoms with E-state index in [1.165, 1.54) is 41.4 Å². The number of ether oxygens (including phenoxy) is 1. The zero-order chi connectivity index (χ0) is 23.7. The van der Waals surface area contributed by atoms with Crippen LogP contribution in [0.15, 0.2) is 54.6 Å². The number of amides is 3. The van der Waals surface area contributed by atoms with Crippen LogP contribution in [-0.4, -0.2) is 41.4 Å². The molecule has 0 spiro atoms. The summed E-state index contributed by atoms with van der Waals surface area (Å²) in [6.45, 7) is 1.14. The van der Waals surface area contributed by atoms with Crippen LogP contribution in [-0.2, 0) is 9.59 Å². The first kappa shape index (κ1) is 22.0. The van der Waals surface area contributed by atoms with E-state index >= 15 is 0 Å². The number of carboxylic acid groups (broad SMARTS) is 1. The molecule has 9 nitrogen and oxygen atoms in total. The van der Waals surface area contributed by atoms with Gasteiger partial charge in [-0.3, -0.25) is 19.3 Å². The molecule has 2 heterocycles. The van der Waals surface area contributed by atoms with Gasteiger partial charge in [-0.1, -0.05) is 30.3 Å². The summed E-state index contributed by atoms with van der Waals surface area (Å²) in [5.41, 5.74) is 6.64. The minimum atomic E-state index is -1.17. The van der Waals surface area contributed by atoms with E-state index in [1.54, 1.807) is 6.07 Å². The Hall–Kier alpha value is -4.18. The molecule has 10 heteroatoms. The number of nitrogens with one attached hydrogen (secondary N) is 1. The fourth-order valence-electron chi connectivity index (χ4n) is 3.42. The Kier molecular flexibility index (Phi) is 5.84. The van der Waals surface area contributed by atoms with Gasteiger partial charge in [0.1, 0.15) is 17.3 Å². The number of nitrogens with two attached hydrogens (primary N) is 1. The van der Waals surface area contributed by atoms with E-state index in [9.17, 15) is 24.3 Å². The minimum Gasteiger partial charge on any atom is -0.479 e. The number of thiophene rings is 1. The summed E-state index contributed by atoms with van der Waals surface area (Å²) in [6, 6.07) is 15.0. The molecule has 1 aliphatic heterocycles. The molecule has 1 aromatic heterocycles. The largest absolute Gasteiger partial charge is 0.479 e. The van der Waals surface area contributed by atoms with E-state index in [4.69, 9.17) is 10.5 Å². The van der Waals surface area contributed by atoms with Gasteiger partial charge in [0.25, 0.3) is 11.8 Å². The van der Waals surface area contributed by atoms with Crippen LogP contribution in [0.5, 0.6) is 5.75 Å². The van der Waals surface area contributed by atoms with Crippen LogP contribution in [0, 0.1) is 0 Å². The smallest absolute Gasteiger partial charge is 0.335 e. The van der Waals surface area contributed by atoms with Crippen molar-refractivity contribution in [1.29, 1.82) is 0 Å². The number of fused-ring (bicyclic) bond motifs is 1. The van der Waals surface area contributed by atoms with Crippen molar-refractivity contribution in [1.82, 2.24) is 0 Å². The second-order valence-corrected chi connectivity index (χ2v) is 8.36. The number of aromatic carboxylic acids is 1. The Morgan fingerprint density at radius 2 is 1.88 bits per heavy atom. The molecule has 0 fully saturated rings. The zero-order valence-electron chi connectivity index (χ0n) is 17.4. The quantitative estimate of drug-likeness (QED) is 0.511. The highest BCUT2D eigenvalue weighted by atomic mass is 32.1. The molecule has 3 amide bonds. The Balaban J connectivity index is 1.61. The average Bonchev–Trinajstić information content (AvgIpc) is 3.21. The summed E-state index contributed by atoms with van der Waals surface area (Å²) in [4.78, 5) is 50.8. The van der Waals surface area contributed by atoms with Gasteiger partial charge in [0.05, 0.1) is 16.8 Å². The number of anilines is 2. The van der Waals surface area contributed by atoms with Crippen molar-refractivity contribution >= 4 is 45.7 Å². The van der Waals surface area contributed by atoms with E-state index in [2.05, 4.69) is 5.32 Å². The van der Waals surface area contributed by atoms with Gasteiger partial charge in [0.2, 0.25) is 5.91 Å². The van der Waals surface area contributed by atoms with E-state index in [0.29, 0.717) is 5.75 Å². The lowest BCUT2D eigenvalue weighted by Crippen LogP contribution is -2.47. The summed E-state index contributed by atoms with van der Waals surface area (Å²) in [5, 5.41) is 12.2. The number of carbonyl (C=O) groups excluding carboxylic acids is 3. The molecule has 4 rings (SSSR count). The topological polar surface area (TPSA) is 139 Å². The van der Waals surface area contributed by atoms with E-state index in [1.807, 2.05) is 30.3 Å². The number of benzene rings is 2. The molecular formula is C23H19N3O6S. The number of hydrogen-bond donors (Lipinski definition) is 3. The predicted molar refractivity (Wildman–Crippen MR) is 123 cm³/mol. The van der Waals surface area contributed by atoms with Gasteiger partial charge in [-0.15, -0.1) is 11.3 Å². The normalized spacial score (nSPS) is 14.9. The molecule has 168 valence electrons. The first-order valence-corrected chi connectivity index (χ1v) is 10.7. The molecular weight excluding hydrogens is 446 g/mol. The van der Waals surface area contributed by atoms with Crippen molar-refractivity contribution in [2.75, 3.05) is 16.8 Å². The SMILES string of the molecule is CC1Oc2ccc(C(=O)O)cc2N(CC(=O)Nc2sc(-c3ccccc3)cc2C(N)=O)C1=O. The Labute approximate surface area is 192 Å².